The summed E-state index contributed by atoms with van der Waals surface area (Å²) in [6.07, 6.45) is 1.73. The number of fused-ring (bicyclic) bond motifs is 1. The molecular formula is C15H21N3O. The van der Waals surface area contributed by atoms with E-state index in [2.05, 4.69) is 29.2 Å². The summed E-state index contributed by atoms with van der Waals surface area (Å²) in [7, 11) is 0. The van der Waals surface area contributed by atoms with Crippen LogP contribution in [-0.2, 0) is 4.79 Å². The third kappa shape index (κ3) is 2.32. The van der Waals surface area contributed by atoms with Gasteiger partial charge >= 0.3 is 0 Å². The van der Waals surface area contributed by atoms with Gasteiger partial charge in [-0.2, -0.15) is 0 Å². The Morgan fingerprint density at radius 2 is 2.00 bits per heavy atom. The number of nitrogens with zero attached hydrogens (tertiary/aromatic N) is 2. The normalized spacial score (nSPS) is 24.5. The van der Waals surface area contributed by atoms with Crippen LogP contribution >= 0.6 is 0 Å². The van der Waals surface area contributed by atoms with Crippen molar-refractivity contribution in [2.75, 3.05) is 24.5 Å². The van der Waals surface area contributed by atoms with Gasteiger partial charge in [0.15, 0.2) is 0 Å². The Kier molecular flexibility index (Phi) is 3.19. The first-order valence-corrected chi connectivity index (χ1v) is 7.05. The van der Waals surface area contributed by atoms with Crippen molar-refractivity contribution in [2.24, 2.45) is 5.73 Å². The van der Waals surface area contributed by atoms with E-state index < -0.39 is 0 Å². The molecule has 0 radical (unpaired) electrons. The maximum Gasteiger partial charge on any atom is 0.223 e. The minimum atomic E-state index is 0.0818. The Balaban J connectivity index is 1.71. The Morgan fingerprint density at radius 3 is 2.68 bits per heavy atom. The highest BCUT2D eigenvalue weighted by atomic mass is 16.2. The summed E-state index contributed by atoms with van der Waals surface area (Å²) in [6, 6.07) is 8.99. The predicted octanol–water partition coefficient (Wildman–Crippen LogP) is 1.52. The molecule has 0 bridgehead atoms. The van der Waals surface area contributed by atoms with E-state index in [4.69, 9.17) is 5.73 Å². The van der Waals surface area contributed by atoms with E-state index in [9.17, 15) is 4.79 Å². The van der Waals surface area contributed by atoms with Crippen LogP contribution in [0.5, 0.6) is 0 Å². The number of carbonyl (C=O) groups is 1. The van der Waals surface area contributed by atoms with Crippen molar-refractivity contribution < 1.29 is 4.79 Å². The molecule has 0 spiro atoms. The molecular weight excluding hydrogens is 238 g/mol. The molecule has 4 nitrogen and oxygen atoms in total. The van der Waals surface area contributed by atoms with Gasteiger partial charge in [0.2, 0.25) is 5.91 Å². The van der Waals surface area contributed by atoms with Crippen LogP contribution in [0, 0.1) is 0 Å². The molecule has 0 saturated carbocycles. The molecule has 2 aliphatic rings. The number of rotatable bonds is 2. The maximum atomic E-state index is 11.7. The molecule has 102 valence electrons. The van der Waals surface area contributed by atoms with Gasteiger partial charge < -0.3 is 15.5 Å². The molecule has 19 heavy (non-hydrogen) atoms. The van der Waals surface area contributed by atoms with E-state index in [0.717, 1.165) is 32.5 Å². The van der Waals surface area contributed by atoms with Gasteiger partial charge in [0.25, 0.3) is 0 Å². The average Bonchev–Trinajstić information content (AvgIpc) is 2.80. The molecule has 2 saturated heterocycles. The number of hydrogen-bond donors (Lipinski definition) is 1. The SMILES string of the molecule is C[C@@H](N)c1ccc(N2CCN3C(=O)CCC3C2)cc1. The maximum absolute atomic E-state index is 11.7. The van der Waals surface area contributed by atoms with Crippen molar-refractivity contribution >= 4 is 11.6 Å². The zero-order valence-electron chi connectivity index (χ0n) is 11.4. The lowest BCUT2D eigenvalue weighted by molar-refractivity contribution is -0.129. The van der Waals surface area contributed by atoms with Gasteiger partial charge in [0.05, 0.1) is 0 Å². The molecule has 4 heteroatoms. The Hall–Kier alpha value is -1.55. The van der Waals surface area contributed by atoms with E-state index in [1.165, 1.54) is 11.3 Å². The number of piperazine rings is 1. The lowest BCUT2D eigenvalue weighted by atomic mass is 10.1. The van der Waals surface area contributed by atoms with Crippen LogP contribution in [0.2, 0.25) is 0 Å². The van der Waals surface area contributed by atoms with Crippen LogP contribution in [0.1, 0.15) is 31.4 Å². The first-order chi connectivity index (χ1) is 9.15. The van der Waals surface area contributed by atoms with Gasteiger partial charge in [-0.25, -0.2) is 0 Å². The molecule has 1 amide bonds. The van der Waals surface area contributed by atoms with E-state index in [-0.39, 0.29) is 6.04 Å². The molecule has 2 aliphatic heterocycles. The number of hydrogen-bond acceptors (Lipinski definition) is 3. The lowest BCUT2D eigenvalue weighted by Crippen LogP contribution is -2.51. The summed E-state index contributed by atoms with van der Waals surface area (Å²) in [5.41, 5.74) is 8.27. The van der Waals surface area contributed by atoms with Crippen LogP contribution in [0.3, 0.4) is 0 Å². The molecule has 2 N–H and O–H groups in total. The molecule has 2 fully saturated rings. The molecule has 3 rings (SSSR count). The van der Waals surface area contributed by atoms with E-state index in [0.29, 0.717) is 11.9 Å². The second-order valence-electron chi connectivity index (χ2n) is 5.61. The fourth-order valence-electron chi connectivity index (χ4n) is 3.09. The van der Waals surface area contributed by atoms with E-state index >= 15 is 0 Å². The smallest absolute Gasteiger partial charge is 0.223 e. The molecule has 0 aromatic heterocycles. The van der Waals surface area contributed by atoms with Crippen LogP contribution in [0.15, 0.2) is 24.3 Å². The molecule has 2 atom stereocenters. The number of anilines is 1. The minimum Gasteiger partial charge on any atom is -0.368 e. The fraction of sp³-hybridized carbons (Fsp3) is 0.533. The van der Waals surface area contributed by atoms with Crippen molar-refractivity contribution in [3.05, 3.63) is 29.8 Å². The monoisotopic (exact) mass is 259 g/mol. The van der Waals surface area contributed by atoms with Gasteiger partial charge in [0.1, 0.15) is 0 Å². The summed E-state index contributed by atoms with van der Waals surface area (Å²) in [4.78, 5) is 16.1. The molecule has 2 heterocycles. The van der Waals surface area contributed by atoms with Gasteiger partial charge in [-0.1, -0.05) is 12.1 Å². The molecule has 1 aromatic rings. The molecule has 1 unspecified atom stereocenters. The van der Waals surface area contributed by atoms with Crippen molar-refractivity contribution in [3.63, 3.8) is 0 Å². The third-order valence-electron chi connectivity index (χ3n) is 4.28. The quantitative estimate of drug-likeness (QED) is 0.876. The van der Waals surface area contributed by atoms with Crippen LogP contribution in [-0.4, -0.2) is 36.5 Å². The minimum absolute atomic E-state index is 0.0818. The van der Waals surface area contributed by atoms with Gasteiger partial charge in [-0.05, 0) is 31.0 Å². The zero-order chi connectivity index (χ0) is 13.4. The first-order valence-electron chi connectivity index (χ1n) is 7.05. The number of nitrogens with two attached hydrogens (primary N) is 1. The van der Waals surface area contributed by atoms with Crippen molar-refractivity contribution in [1.82, 2.24) is 4.90 Å². The Labute approximate surface area is 114 Å². The standard InChI is InChI=1S/C15H21N3O/c1-11(16)12-2-4-13(5-3-12)17-8-9-18-14(10-17)6-7-15(18)19/h2-5,11,14H,6-10,16H2,1H3/t11-,14?/m1/s1. The summed E-state index contributed by atoms with van der Waals surface area (Å²) in [5.74, 6) is 0.331. The van der Waals surface area contributed by atoms with Crippen LogP contribution in [0.4, 0.5) is 5.69 Å². The number of amides is 1. The zero-order valence-corrected chi connectivity index (χ0v) is 11.4. The summed E-state index contributed by atoms with van der Waals surface area (Å²) < 4.78 is 0. The third-order valence-corrected chi connectivity index (χ3v) is 4.28. The highest BCUT2D eigenvalue weighted by Crippen LogP contribution is 2.26. The van der Waals surface area contributed by atoms with Gasteiger partial charge in [-0.3, -0.25) is 4.79 Å². The van der Waals surface area contributed by atoms with Crippen LogP contribution in [0.25, 0.3) is 0 Å². The summed E-state index contributed by atoms with van der Waals surface area (Å²) in [6.45, 7) is 4.75. The largest absolute Gasteiger partial charge is 0.368 e. The fourth-order valence-corrected chi connectivity index (χ4v) is 3.09. The number of benzene rings is 1. The lowest BCUT2D eigenvalue weighted by Gasteiger charge is -2.39. The average molecular weight is 259 g/mol. The van der Waals surface area contributed by atoms with Gasteiger partial charge in [-0.15, -0.1) is 0 Å². The highest BCUT2D eigenvalue weighted by Gasteiger charge is 2.35. The summed E-state index contributed by atoms with van der Waals surface area (Å²) in [5, 5.41) is 0. The molecule has 1 aromatic carbocycles. The second-order valence-corrected chi connectivity index (χ2v) is 5.61. The predicted molar refractivity (Wildman–Crippen MR) is 76.0 cm³/mol. The second kappa shape index (κ2) is 4.85. The van der Waals surface area contributed by atoms with Crippen molar-refractivity contribution in [1.29, 1.82) is 0 Å². The van der Waals surface area contributed by atoms with Crippen molar-refractivity contribution in [3.8, 4) is 0 Å². The van der Waals surface area contributed by atoms with E-state index in [1.807, 2.05) is 11.8 Å². The van der Waals surface area contributed by atoms with Crippen molar-refractivity contribution in [2.45, 2.75) is 31.8 Å². The number of carbonyl (C=O) groups excluding carboxylic acids is 1. The highest BCUT2D eigenvalue weighted by molar-refractivity contribution is 5.79. The Bertz CT molecular complexity index is 469. The first kappa shape index (κ1) is 12.5. The molecule has 0 aliphatic carbocycles. The van der Waals surface area contributed by atoms with E-state index in [1.54, 1.807) is 0 Å². The van der Waals surface area contributed by atoms with Gasteiger partial charge in [0, 0.05) is 43.8 Å². The van der Waals surface area contributed by atoms with Crippen LogP contribution < -0.4 is 10.6 Å². The Morgan fingerprint density at radius 1 is 1.26 bits per heavy atom. The summed E-state index contributed by atoms with van der Waals surface area (Å²) >= 11 is 0. The topological polar surface area (TPSA) is 49.6 Å².